The second-order valence-corrected chi connectivity index (χ2v) is 4.31. The second kappa shape index (κ2) is 5.11. The maximum atomic E-state index is 11.3. The van der Waals surface area contributed by atoms with E-state index < -0.39 is 0 Å². The standard InChI is InChI=1S/C10H18N2O3/c1-8(13)11-4-3-9(14)12-5-10(2)6-15-7-10/h3-7H2,1-2H3,(H,11,13)(H,12,14). The van der Waals surface area contributed by atoms with Crippen LogP contribution in [0.25, 0.3) is 0 Å². The van der Waals surface area contributed by atoms with Crippen LogP contribution in [0.3, 0.4) is 0 Å². The third-order valence-corrected chi connectivity index (χ3v) is 2.34. The minimum absolute atomic E-state index is 0.0307. The summed E-state index contributed by atoms with van der Waals surface area (Å²) in [4.78, 5) is 21.8. The van der Waals surface area contributed by atoms with Crippen LogP contribution in [-0.2, 0) is 14.3 Å². The highest BCUT2D eigenvalue weighted by molar-refractivity contribution is 5.77. The lowest BCUT2D eigenvalue weighted by atomic mass is 9.89. The van der Waals surface area contributed by atoms with E-state index in [0.29, 0.717) is 32.7 Å². The van der Waals surface area contributed by atoms with Crippen LogP contribution in [-0.4, -0.2) is 38.1 Å². The zero-order valence-electron chi connectivity index (χ0n) is 9.26. The minimum Gasteiger partial charge on any atom is -0.380 e. The Morgan fingerprint density at radius 1 is 1.33 bits per heavy atom. The molecular weight excluding hydrogens is 196 g/mol. The van der Waals surface area contributed by atoms with Crippen molar-refractivity contribution in [1.82, 2.24) is 10.6 Å². The van der Waals surface area contributed by atoms with Crippen LogP contribution in [0, 0.1) is 5.41 Å². The van der Waals surface area contributed by atoms with E-state index in [0.717, 1.165) is 0 Å². The molecule has 1 aliphatic rings. The molecule has 5 heteroatoms. The molecule has 0 unspecified atom stereocenters. The Labute approximate surface area is 89.6 Å². The molecule has 15 heavy (non-hydrogen) atoms. The van der Waals surface area contributed by atoms with E-state index in [1.807, 2.05) is 0 Å². The van der Waals surface area contributed by atoms with E-state index in [-0.39, 0.29) is 17.2 Å². The monoisotopic (exact) mass is 214 g/mol. The number of rotatable bonds is 5. The molecule has 0 aliphatic carbocycles. The molecule has 0 bridgehead atoms. The predicted molar refractivity (Wildman–Crippen MR) is 55.2 cm³/mol. The minimum atomic E-state index is -0.109. The van der Waals surface area contributed by atoms with E-state index in [1.54, 1.807) is 0 Å². The largest absolute Gasteiger partial charge is 0.380 e. The van der Waals surface area contributed by atoms with Crippen molar-refractivity contribution in [3.8, 4) is 0 Å². The molecule has 2 amide bonds. The first-order valence-corrected chi connectivity index (χ1v) is 5.11. The summed E-state index contributed by atoms with van der Waals surface area (Å²) in [6, 6.07) is 0. The molecule has 5 nitrogen and oxygen atoms in total. The Morgan fingerprint density at radius 2 is 2.00 bits per heavy atom. The molecule has 86 valence electrons. The van der Waals surface area contributed by atoms with Crippen molar-refractivity contribution in [3.63, 3.8) is 0 Å². The summed E-state index contributed by atoms with van der Waals surface area (Å²) in [5.41, 5.74) is 0.101. The summed E-state index contributed by atoms with van der Waals surface area (Å²) in [5.74, 6) is -0.140. The molecule has 1 fully saturated rings. The molecule has 2 N–H and O–H groups in total. The van der Waals surface area contributed by atoms with Crippen molar-refractivity contribution in [2.24, 2.45) is 5.41 Å². The van der Waals surface area contributed by atoms with Gasteiger partial charge in [-0.2, -0.15) is 0 Å². The maximum absolute atomic E-state index is 11.3. The van der Waals surface area contributed by atoms with Gasteiger partial charge >= 0.3 is 0 Å². The molecule has 0 atom stereocenters. The van der Waals surface area contributed by atoms with Crippen molar-refractivity contribution in [2.75, 3.05) is 26.3 Å². The average molecular weight is 214 g/mol. The van der Waals surface area contributed by atoms with Crippen molar-refractivity contribution < 1.29 is 14.3 Å². The van der Waals surface area contributed by atoms with Gasteiger partial charge in [-0.15, -0.1) is 0 Å². The number of hydrogen-bond acceptors (Lipinski definition) is 3. The van der Waals surface area contributed by atoms with Gasteiger partial charge in [0.05, 0.1) is 13.2 Å². The molecule has 0 spiro atoms. The zero-order chi connectivity index (χ0) is 11.3. The second-order valence-electron chi connectivity index (χ2n) is 4.31. The number of carbonyl (C=O) groups is 2. The number of ether oxygens (including phenoxy) is 1. The van der Waals surface area contributed by atoms with Crippen molar-refractivity contribution in [2.45, 2.75) is 20.3 Å². The maximum Gasteiger partial charge on any atom is 0.221 e. The van der Waals surface area contributed by atoms with Crippen LogP contribution in [0.2, 0.25) is 0 Å². The first kappa shape index (κ1) is 12.0. The normalized spacial score (nSPS) is 17.7. The highest BCUT2D eigenvalue weighted by Gasteiger charge is 2.33. The van der Waals surface area contributed by atoms with Crippen LogP contribution < -0.4 is 10.6 Å². The van der Waals surface area contributed by atoms with E-state index in [9.17, 15) is 9.59 Å². The van der Waals surface area contributed by atoms with Gasteiger partial charge in [-0.25, -0.2) is 0 Å². The lowest BCUT2D eigenvalue weighted by molar-refractivity contribution is -0.126. The Hall–Kier alpha value is -1.10. The molecule has 0 aromatic heterocycles. The van der Waals surface area contributed by atoms with Crippen LogP contribution in [0.4, 0.5) is 0 Å². The molecule has 1 rings (SSSR count). The first-order chi connectivity index (χ1) is 7.02. The average Bonchev–Trinajstić information content (AvgIpc) is 2.11. The van der Waals surface area contributed by atoms with Gasteiger partial charge in [0.25, 0.3) is 0 Å². The van der Waals surface area contributed by atoms with Crippen molar-refractivity contribution >= 4 is 11.8 Å². The van der Waals surface area contributed by atoms with Crippen molar-refractivity contribution in [3.05, 3.63) is 0 Å². The van der Waals surface area contributed by atoms with Gasteiger partial charge in [0, 0.05) is 31.8 Å². The lowest BCUT2D eigenvalue weighted by Crippen LogP contribution is -2.48. The van der Waals surface area contributed by atoms with Crippen LogP contribution >= 0.6 is 0 Å². The Morgan fingerprint density at radius 3 is 2.47 bits per heavy atom. The fraction of sp³-hybridized carbons (Fsp3) is 0.800. The van der Waals surface area contributed by atoms with Gasteiger partial charge in [0.2, 0.25) is 11.8 Å². The predicted octanol–water partition coefficient (Wildman–Crippen LogP) is -0.335. The Balaban J connectivity index is 2.05. The number of nitrogens with one attached hydrogen (secondary N) is 2. The lowest BCUT2D eigenvalue weighted by Gasteiger charge is -2.38. The molecule has 1 saturated heterocycles. The molecule has 0 radical (unpaired) electrons. The first-order valence-electron chi connectivity index (χ1n) is 5.11. The Kier molecular flexibility index (Phi) is 4.08. The summed E-state index contributed by atoms with van der Waals surface area (Å²) in [6.07, 6.45) is 0.330. The van der Waals surface area contributed by atoms with Crippen LogP contribution in [0.5, 0.6) is 0 Å². The fourth-order valence-corrected chi connectivity index (χ4v) is 1.31. The smallest absolute Gasteiger partial charge is 0.221 e. The number of amides is 2. The molecule has 0 aromatic rings. The van der Waals surface area contributed by atoms with Gasteiger partial charge < -0.3 is 15.4 Å². The zero-order valence-corrected chi connectivity index (χ0v) is 9.26. The fourth-order valence-electron chi connectivity index (χ4n) is 1.31. The van der Waals surface area contributed by atoms with Crippen molar-refractivity contribution in [1.29, 1.82) is 0 Å². The van der Waals surface area contributed by atoms with E-state index in [1.165, 1.54) is 6.92 Å². The van der Waals surface area contributed by atoms with E-state index in [2.05, 4.69) is 17.6 Å². The summed E-state index contributed by atoms with van der Waals surface area (Å²) >= 11 is 0. The summed E-state index contributed by atoms with van der Waals surface area (Å²) < 4.78 is 5.07. The summed E-state index contributed by atoms with van der Waals surface area (Å²) in [5, 5.41) is 5.41. The van der Waals surface area contributed by atoms with Gasteiger partial charge in [0.1, 0.15) is 0 Å². The topological polar surface area (TPSA) is 67.4 Å². The third-order valence-electron chi connectivity index (χ3n) is 2.34. The van der Waals surface area contributed by atoms with Crippen LogP contribution in [0.1, 0.15) is 20.3 Å². The highest BCUT2D eigenvalue weighted by Crippen LogP contribution is 2.24. The SMILES string of the molecule is CC(=O)NCCC(=O)NCC1(C)COC1. The van der Waals surface area contributed by atoms with E-state index >= 15 is 0 Å². The Bertz CT molecular complexity index is 249. The molecule has 0 saturated carbocycles. The molecular formula is C10H18N2O3. The van der Waals surface area contributed by atoms with E-state index in [4.69, 9.17) is 4.74 Å². The summed E-state index contributed by atoms with van der Waals surface area (Å²) in [7, 11) is 0. The van der Waals surface area contributed by atoms with Gasteiger partial charge in [-0.3, -0.25) is 9.59 Å². The highest BCUT2D eigenvalue weighted by atomic mass is 16.5. The molecule has 1 heterocycles. The van der Waals surface area contributed by atoms with Gasteiger partial charge in [-0.05, 0) is 0 Å². The molecule has 1 aliphatic heterocycles. The van der Waals surface area contributed by atoms with Gasteiger partial charge in [0.15, 0.2) is 0 Å². The number of carbonyl (C=O) groups excluding carboxylic acids is 2. The van der Waals surface area contributed by atoms with Crippen LogP contribution in [0.15, 0.2) is 0 Å². The quantitative estimate of drug-likeness (QED) is 0.658. The summed E-state index contributed by atoms with van der Waals surface area (Å²) in [6.45, 7) is 5.97. The van der Waals surface area contributed by atoms with Gasteiger partial charge in [-0.1, -0.05) is 6.92 Å². The molecule has 0 aromatic carbocycles. The third kappa shape index (κ3) is 4.29. The number of hydrogen-bond donors (Lipinski definition) is 2.